The van der Waals surface area contributed by atoms with Crippen LogP contribution in [0.1, 0.15) is 24.1 Å². The Bertz CT molecular complexity index is 1040. The fourth-order valence-corrected chi connectivity index (χ4v) is 4.96. The first kappa shape index (κ1) is 24.5. The molecule has 1 aromatic carbocycles. The van der Waals surface area contributed by atoms with Crippen LogP contribution >= 0.6 is 12.4 Å². The summed E-state index contributed by atoms with van der Waals surface area (Å²) in [6.45, 7) is 9.32. The van der Waals surface area contributed by atoms with Gasteiger partial charge in [0, 0.05) is 70.4 Å². The van der Waals surface area contributed by atoms with Gasteiger partial charge in [0.15, 0.2) is 5.82 Å². The minimum Gasteiger partial charge on any atom is -0.396 e. The number of anilines is 2. The number of para-hydroxylation sites is 1. The predicted octanol–water partition coefficient (Wildman–Crippen LogP) is 3.53. The first-order chi connectivity index (χ1) is 16.2. The van der Waals surface area contributed by atoms with Crippen molar-refractivity contribution >= 4 is 23.9 Å². The fraction of sp³-hybridized carbons (Fsp3) is 0.462. The number of nitrogens with zero attached hydrogens (tertiary/aromatic N) is 6. The Balaban J connectivity index is 0.00000274. The van der Waals surface area contributed by atoms with Crippen molar-refractivity contribution in [3.05, 3.63) is 66.1 Å². The number of hydrogen-bond acceptors (Lipinski definition) is 6. The van der Waals surface area contributed by atoms with E-state index in [4.69, 9.17) is 10.1 Å². The molecule has 0 bridgehead atoms. The van der Waals surface area contributed by atoms with Gasteiger partial charge in [-0.1, -0.05) is 18.2 Å². The highest BCUT2D eigenvalue weighted by molar-refractivity contribution is 5.85. The van der Waals surface area contributed by atoms with E-state index in [0.717, 1.165) is 75.9 Å². The molecule has 2 aliphatic rings. The summed E-state index contributed by atoms with van der Waals surface area (Å²) in [6, 6.07) is 14.6. The van der Waals surface area contributed by atoms with Gasteiger partial charge >= 0.3 is 0 Å². The van der Waals surface area contributed by atoms with Crippen molar-refractivity contribution in [2.45, 2.75) is 26.3 Å². The predicted molar refractivity (Wildman–Crippen MR) is 139 cm³/mol. The molecule has 0 atom stereocenters. The number of benzene rings is 1. The van der Waals surface area contributed by atoms with Crippen LogP contribution in [0.15, 0.2) is 54.9 Å². The van der Waals surface area contributed by atoms with Crippen LogP contribution in [0.4, 0.5) is 11.5 Å². The summed E-state index contributed by atoms with van der Waals surface area (Å²) in [7, 11) is 0. The second-order valence-electron chi connectivity index (χ2n) is 9.24. The fourth-order valence-electron chi connectivity index (χ4n) is 4.96. The van der Waals surface area contributed by atoms with Gasteiger partial charge in [-0.25, -0.2) is 9.67 Å². The summed E-state index contributed by atoms with van der Waals surface area (Å²) in [5.74, 6) is 1.54. The molecule has 0 radical (unpaired) electrons. The van der Waals surface area contributed by atoms with Gasteiger partial charge in [0.1, 0.15) is 0 Å². The summed E-state index contributed by atoms with van der Waals surface area (Å²) >= 11 is 0. The van der Waals surface area contributed by atoms with Gasteiger partial charge in [0.2, 0.25) is 0 Å². The molecule has 2 saturated heterocycles. The van der Waals surface area contributed by atoms with Crippen molar-refractivity contribution in [2.24, 2.45) is 5.92 Å². The Hall–Kier alpha value is -2.61. The van der Waals surface area contributed by atoms with Crippen LogP contribution in [-0.4, -0.2) is 70.6 Å². The lowest BCUT2D eigenvalue weighted by Gasteiger charge is -2.39. The highest BCUT2D eigenvalue weighted by Crippen LogP contribution is 2.31. The summed E-state index contributed by atoms with van der Waals surface area (Å²) in [5, 5.41) is 14.2. The van der Waals surface area contributed by atoms with Crippen molar-refractivity contribution in [1.29, 1.82) is 0 Å². The Kier molecular flexibility index (Phi) is 8.08. The summed E-state index contributed by atoms with van der Waals surface area (Å²) in [6.07, 6.45) is 6.15. The molecular weight excluding hydrogens is 448 g/mol. The van der Waals surface area contributed by atoms with E-state index in [1.807, 2.05) is 35.1 Å². The molecule has 3 aromatic rings. The number of rotatable bonds is 6. The number of aliphatic hydroxyl groups is 1. The molecule has 0 saturated carbocycles. The zero-order valence-corrected chi connectivity index (χ0v) is 20.7. The molecule has 34 heavy (non-hydrogen) atoms. The molecule has 5 rings (SSSR count). The van der Waals surface area contributed by atoms with Gasteiger partial charge in [-0.05, 0) is 49.9 Å². The minimum atomic E-state index is 0. The standard InChI is InChI=1S/C26H34N6O.ClH/c1-21-23(19-32(28-21)24-6-3-2-4-7-24)18-29-14-16-30(17-15-29)25-8-5-11-27-26(25)31-12-9-22(20-33)10-13-31;/h2-8,11,19,22,33H,9-10,12-18,20H2,1H3;1H. The molecule has 182 valence electrons. The largest absolute Gasteiger partial charge is 0.396 e. The maximum Gasteiger partial charge on any atom is 0.152 e. The lowest BCUT2D eigenvalue weighted by molar-refractivity contribution is 0.202. The Labute approximate surface area is 208 Å². The molecule has 0 spiro atoms. The molecule has 8 heteroatoms. The highest BCUT2D eigenvalue weighted by atomic mass is 35.5. The second-order valence-corrected chi connectivity index (χ2v) is 9.24. The van der Waals surface area contributed by atoms with E-state index in [1.165, 1.54) is 11.3 Å². The summed E-state index contributed by atoms with van der Waals surface area (Å²) in [4.78, 5) is 12.2. The first-order valence-electron chi connectivity index (χ1n) is 12.1. The smallest absolute Gasteiger partial charge is 0.152 e. The van der Waals surface area contributed by atoms with Gasteiger partial charge in [-0.3, -0.25) is 4.90 Å². The summed E-state index contributed by atoms with van der Waals surface area (Å²) < 4.78 is 1.99. The van der Waals surface area contributed by atoms with E-state index in [0.29, 0.717) is 12.5 Å². The maximum absolute atomic E-state index is 9.46. The van der Waals surface area contributed by atoms with E-state index >= 15 is 0 Å². The van der Waals surface area contributed by atoms with Crippen LogP contribution in [0.3, 0.4) is 0 Å². The van der Waals surface area contributed by atoms with Crippen LogP contribution in [0.5, 0.6) is 0 Å². The van der Waals surface area contributed by atoms with Crippen LogP contribution < -0.4 is 9.80 Å². The highest BCUT2D eigenvalue weighted by Gasteiger charge is 2.25. The molecule has 0 amide bonds. The van der Waals surface area contributed by atoms with E-state index in [-0.39, 0.29) is 12.4 Å². The van der Waals surface area contributed by atoms with E-state index in [2.05, 4.69) is 46.0 Å². The Morgan fingerprint density at radius 2 is 1.65 bits per heavy atom. The molecule has 0 unspecified atom stereocenters. The SMILES string of the molecule is Cc1nn(-c2ccccc2)cc1CN1CCN(c2cccnc2N2CCC(CO)CC2)CC1.Cl. The van der Waals surface area contributed by atoms with Crippen molar-refractivity contribution < 1.29 is 5.11 Å². The monoisotopic (exact) mass is 482 g/mol. The number of hydrogen-bond donors (Lipinski definition) is 1. The van der Waals surface area contributed by atoms with Crippen LogP contribution in [-0.2, 0) is 6.54 Å². The minimum absolute atomic E-state index is 0. The third-order valence-corrected chi connectivity index (χ3v) is 7.07. The van der Waals surface area contributed by atoms with Crippen LogP contribution in [0.25, 0.3) is 5.69 Å². The first-order valence-corrected chi connectivity index (χ1v) is 12.1. The van der Waals surface area contributed by atoms with Crippen molar-refractivity contribution in [3.8, 4) is 5.69 Å². The molecule has 1 N–H and O–H groups in total. The third kappa shape index (κ3) is 5.37. The van der Waals surface area contributed by atoms with Gasteiger partial charge in [-0.15, -0.1) is 12.4 Å². The average molecular weight is 483 g/mol. The number of piperidine rings is 1. The zero-order valence-electron chi connectivity index (χ0n) is 19.9. The Morgan fingerprint density at radius 1 is 0.912 bits per heavy atom. The average Bonchev–Trinajstić information content (AvgIpc) is 3.25. The number of halogens is 1. The zero-order chi connectivity index (χ0) is 22.6. The number of aliphatic hydroxyl groups excluding tert-OH is 1. The van der Waals surface area contributed by atoms with Crippen molar-refractivity contribution in [1.82, 2.24) is 19.7 Å². The molecule has 2 fully saturated rings. The molecule has 2 aliphatic heterocycles. The van der Waals surface area contributed by atoms with E-state index in [1.54, 1.807) is 0 Å². The van der Waals surface area contributed by atoms with Gasteiger partial charge in [0.05, 0.1) is 17.1 Å². The molecule has 2 aromatic heterocycles. The van der Waals surface area contributed by atoms with Crippen LogP contribution in [0.2, 0.25) is 0 Å². The molecule has 4 heterocycles. The summed E-state index contributed by atoms with van der Waals surface area (Å²) in [5.41, 5.74) is 4.74. The van der Waals surface area contributed by atoms with Gasteiger partial charge in [0.25, 0.3) is 0 Å². The quantitative estimate of drug-likeness (QED) is 0.580. The van der Waals surface area contributed by atoms with Gasteiger partial charge in [-0.2, -0.15) is 5.10 Å². The van der Waals surface area contributed by atoms with Crippen molar-refractivity contribution in [2.75, 3.05) is 55.7 Å². The number of aryl methyl sites for hydroxylation is 1. The normalized spacial score (nSPS) is 17.6. The number of piperazine rings is 1. The van der Waals surface area contributed by atoms with Crippen molar-refractivity contribution in [3.63, 3.8) is 0 Å². The Morgan fingerprint density at radius 3 is 2.35 bits per heavy atom. The lowest BCUT2D eigenvalue weighted by atomic mass is 9.98. The van der Waals surface area contributed by atoms with Gasteiger partial charge < -0.3 is 14.9 Å². The molecular formula is C26H35ClN6O. The molecule has 0 aliphatic carbocycles. The van der Waals surface area contributed by atoms with E-state index < -0.39 is 0 Å². The molecule has 7 nitrogen and oxygen atoms in total. The lowest BCUT2D eigenvalue weighted by Crippen LogP contribution is -2.46. The second kappa shape index (κ2) is 11.2. The number of aromatic nitrogens is 3. The van der Waals surface area contributed by atoms with Crippen LogP contribution in [0, 0.1) is 12.8 Å². The topological polar surface area (TPSA) is 60.7 Å². The number of pyridine rings is 1. The third-order valence-electron chi connectivity index (χ3n) is 7.07. The van der Waals surface area contributed by atoms with E-state index in [9.17, 15) is 5.11 Å². The maximum atomic E-state index is 9.46.